The van der Waals surface area contributed by atoms with Crippen molar-refractivity contribution in [1.82, 2.24) is 9.97 Å². The number of hydrogen-bond acceptors (Lipinski definition) is 3. The Hall–Kier alpha value is -6.16. The fourth-order valence-electron chi connectivity index (χ4n) is 10.7. The van der Waals surface area contributed by atoms with Crippen LogP contribution in [0, 0.1) is 0 Å². The summed E-state index contributed by atoms with van der Waals surface area (Å²) in [5, 5.41) is 1.18. The Morgan fingerprint density at radius 3 is 1.81 bits per heavy atom. The lowest BCUT2D eigenvalue weighted by Gasteiger charge is -2.36. The zero-order chi connectivity index (χ0) is 38.6. The van der Waals surface area contributed by atoms with Gasteiger partial charge in [-0.1, -0.05) is 167 Å². The Morgan fingerprint density at radius 1 is 0.448 bits per heavy atom. The van der Waals surface area contributed by atoms with Crippen molar-refractivity contribution in [2.24, 2.45) is 0 Å². The van der Waals surface area contributed by atoms with E-state index in [9.17, 15) is 0 Å². The van der Waals surface area contributed by atoms with Crippen LogP contribution in [-0.4, -0.2) is 9.97 Å². The summed E-state index contributed by atoms with van der Waals surface area (Å²) in [6.07, 6.45) is 6.36. The zero-order valence-corrected chi connectivity index (χ0v) is 33.7. The van der Waals surface area contributed by atoms with Gasteiger partial charge in [0, 0.05) is 32.0 Å². The van der Waals surface area contributed by atoms with Crippen molar-refractivity contribution in [3.63, 3.8) is 0 Å². The van der Waals surface area contributed by atoms with E-state index in [4.69, 9.17) is 9.97 Å². The minimum absolute atomic E-state index is 0.00104. The largest absolute Gasteiger partial charge is 0.226 e. The quantitative estimate of drug-likeness (QED) is 0.178. The molecule has 0 radical (unpaired) electrons. The first kappa shape index (κ1) is 33.9. The summed E-state index contributed by atoms with van der Waals surface area (Å²) in [6, 6.07) is 58.6. The molecule has 0 aliphatic heterocycles. The molecule has 3 aliphatic rings. The first-order valence-corrected chi connectivity index (χ1v) is 21.7. The van der Waals surface area contributed by atoms with Crippen LogP contribution in [-0.2, 0) is 10.8 Å². The maximum atomic E-state index is 5.18. The first-order valence-electron chi connectivity index (χ1n) is 20.9. The van der Waals surface area contributed by atoms with Crippen molar-refractivity contribution in [3.05, 3.63) is 180 Å². The van der Waals surface area contributed by atoms with Crippen molar-refractivity contribution in [1.29, 1.82) is 0 Å². The minimum Gasteiger partial charge on any atom is -0.226 e. The monoisotopic (exact) mass is 762 g/mol. The van der Waals surface area contributed by atoms with Crippen molar-refractivity contribution >= 4 is 31.6 Å². The zero-order valence-electron chi connectivity index (χ0n) is 32.8. The molecule has 3 heteroatoms. The van der Waals surface area contributed by atoms with Crippen molar-refractivity contribution < 1.29 is 0 Å². The molecule has 12 rings (SSSR count). The van der Waals surface area contributed by atoms with E-state index in [1.807, 2.05) is 6.07 Å². The average molecular weight is 763 g/mol. The van der Waals surface area contributed by atoms with Crippen LogP contribution in [0.5, 0.6) is 0 Å². The smallest absolute Gasteiger partial charge is 0.160 e. The van der Waals surface area contributed by atoms with Crippen molar-refractivity contribution in [3.8, 4) is 67.2 Å². The molecular formula is C55H42N2S. The highest BCUT2D eigenvalue weighted by molar-refractivity contribution is 7.26. The van der Waals surface area contributed by atoms with Crippen molar-refractivity contribution in [2.75, 3.05) is 0 Å². The van der Waals surface area contributed by atoms with Gasteiger partial charge in [0.15, 0.2) is 5.82 Å². The highest BCUT2D eigenvalue weighted by atomic mass is 32.1. The summed E-state index contributed by atoms with van der Waals surface area (Å²) >= 11 is 1.78. The van der Waals surface area contributed by atoms with E-state index in [-0.39, 0.29) is 10.8 Å². The highest BCUT2D eigenvalue weighted by Crippen LogP contribution is 2.60. The Balaban J connectivity index is 0.887. The summed E-state index contributed by atoms with van der Waals surface area (Å²) in [5.41, 5.74) is 21.0. The number of rotatable bonds is 4. The summed E-state index contributed by atoms with van der Waals surface area (Å²) in [7, 11) is 0. The molecule has 2 aromatic heterocycles. The maximum Gasteiger partial charge on any atom is 0.160 e. The fourth-order valence-corrected chi connectivity index (χ4v) is 11.9. The third-order valence-electron chi connectivity index (χ3n) is 13.7. The molecule has 1 fully saturated rings. The third-order valence-corrected chi connectivity index (χ3v) is 14.9. The SMILES string of the molecule is CC1(C)c2ccccc2-c2cc3c(cc21)-c1ccc(-c2ccc(-c4ccc(-c5nc(-c6ccccc6)nc6c5sc5ccccc56)cc4)cc2)cc1C31CCCCC1. The molecule has 0 N–H and O–H groups in total. The topological polar surface area (TPSA) is 25.8 Å². The van der Waals surface area contributed by atoms with E-state index in [2.05, 4.69) is 166 Å². The molecule has 0 unspecified atom stereocenters. The lowest BCUT2D eigenvalue weighted by molar-refractivity contribution is 0.353. The number of fused-ring (bicyclic) bond motifs is 11. The van der Waals surface area contributed by atoms with Crippen LogP contribution >= 0.6 is 11.3 Å². The lowest BCUT2D eigenvalue weighted by atomic mass is 9.67. The molecule has 2 nitrogen and oxygen atoms in total. The van der Waals surface area contributed by atoms with Gasteiger partial charge in [0.05, 0.1) is 15.9 Å². The number of aromatic nitrogens is 2. The van der Waals surface area contributed by atoms with Crippen LogP contribution in [0.1, 0.15) is 68.2 Å². The average Bonchev–Trinajstić information content (AvgIpc) is 3.86. The minimum atomic E-state index is -0.00104. The molecule has 2 heterocycles. The third kappa shape index (κ3) is 4.96. The molecule has 7 aromatic carbocycles. The summed E-state index contributed by atoms with van der Waals surface area (Å²) in [5.74, 6) is 0.759. The molecule has 0 bridgehead atoms. The van der Waals surface area contributed by atoms with E-state index in [0.29, 0.717) is 0 Å². The number of benzene rings is 7. The van der Waals surface area contributed by atoms with Crippen LogP contribution in [0.3, 0.4) is 0 Å². The highest BCUT2D eigenvalue weighted by Gasteiger charge is 2.46. The van der Waals surface area contributed by atoms with Gasteiger partial charge in [-0.3, -0.25) is 0 Å². The van der Waals surface area contributed by atoms with Gasteiger partial charge >= 0.3 is 0 Å². The Bertz CT molecular complexity index is 3090. The van der Waals surface area contributed by atoms with Gasteiger partial charge in [0.1, 0.15) is 0 Å². The van der Waals surface area contributed by atoms with Crippen LogP contribution in [0.2, 0.25) is 0 Å². The van der Waals surface area contributed by atoms with Gasteiger partial charge in [-0.2, -0.15) is 0 Å². The van der Waals surface area contributed by atoms with Crippen molar-refractivity contribution in [2.45, 2.75) is 56.8 Å². The van der Waals surface area contributed by atoms with E-state index < -0.39 is 0 Å². The van der Waals surface area contributed by atoms with Gasteiger partial charge in [-0.15, -0.1) is 11.3 Å². The van der Waals surface area contributed by atoms with Crippen LogP contribution in [0.15, 0.2) is 158 Å². The predicted octanol–water partition coefficient (Wildman–Crippen LogP) is 15.0. The standard InChI is InChI=1S/C55H42N2S/c1-54(2)45-17-9-7-15-40(45)43-33-48-44(32-46(43)54)41-28-27-39(31-47(41)55(48)29-11-4-12-30-55)36-21-19-34(20-22-36)35-23-25-37(26-24-35)50-52-51(42-16-8-10-18-49(42)58-52)57-53(56-50)38-13-5-3-6-14-38/h3,5-10,13-28,31-33H,4,11-12,29-30H2,1-2H3. The van der Waals surface area contributed by atoms with Crippen LogP contribution in [0.4, 0.5) is 0 Å². The second-order valence-corrected chi connectivity index (χ2v) is 18.3. The number of hydrogen-bond donors (Lipinski definition) is 0. The second kappa shape index (κ2) is 12.7. The van der Waals surface area contributed by atoms with Crippen LogP contribution < -0.4 is 0 Å². The molecule has 0 saturated heterocycles. The molecule has 58 heavy (non-hydrogen) atoms. The fraction of sp³-hybridized carbons (Fsp3) is 0.164. The van der Waals surface area contributed by atoms with Gasteiger partial charge in [0.2, 0.25) is 0 Å². The summed E-state index contributed by atoms with van der Waals surface area (Å²) < 4.78 is 2.36. The molecule has 278 valence electrons. The first-order chi connectivity index (χ1) is 28.5. The van der Waals surface area contributed by atoms with Gasteiger partial charge in [-0.25, -0.2) is 9.97 Å². The Morgan fingerprint density at radius 2 is 1.03 bits per heavy atom. The normalized spacial score (nSPS) is 15.7. The molecule has 0 atom stereocenters. The van der Waals surface area contributed by atoms with E-state index >= 15 is 0 Å². The molecular weight excluding hydrogens is 721 g/mol. The van der Waals surface area contributed by atoms with E-state index in [0.717, 1.165) is 32.9 Å². The Kier molecular flexibility index (Phi) is 7.41. The predicted molar refractivity (Wildman–Crippen MR) is 244 cm³/mol. The maximum absolute atomic E-state index is 5.18. The van der Waals surface area contributed by atoms with Gasteiger partial charge in [-0.05, 0) is 104 Å². The molecule has 0 amide bonds. The number of nitrogens with zero attached hydrogens (tertiary/aromatic N) is 2. The Labute approximate surface area is 343 Å². The second-order valence-electron chi connectivity index (χ2n) is 17.2. The number of thiophene rings is 1. The molecule has 1 spiro atoms. The van der Waals surface area contributed by atoms with Crippen LogP contribution in [0.25, 0.3) is 87.5 Å². The molecule has 3 aliphatic carbocycles. The van der Waals surface area contributed by atoms with E-state index in [1.165, 1.54) is 97.8 Å². The molecule has 1 saturated carbocycles. The molecule has 9 aromatic rings. The lowest BCUT2D eigenvalue weighted by Crippen LogP contribution is -2.28. The summed E-state index contributed by atoms with van der Waals surface area (Å²) in [4.78, 5) is 10.3. The van der Waals surface area contributed by atoms with Gasteiger partial charge < -0.3 is 0 Å². The summed E-state index contributed by atoms with van der Waals surface area (Å²) in [6.45, 7) is 4.81. The van der Waals surface area contributed by atoms with E-state index in [1.54, 1.807) is 22.5 Å². The van der Waals surface area contributed by atoms with Gasteiger partial charge in [0.25, 0.3) is 0 Å².